The number of likely N-dealkylation sites (tertiary alicyclic amines) is 1. The Morgan fingerprint density at radius 3 is 2.16 bits per heavy atom. The second-order valence-electron chi connectivity index (χ2n) is 10.2. The molecule has 2 N–H and O–H groups in total. The highest BCUT2D eigenvalue weighted by atomic mass is 19.4. The van der Waals surface area contributed by atoms with Crippen molar-refractivity contribution >= 4 is 17.7 Å². The summed E-state index contributed by atoms with van der Waals surface area (Å²) in [5.74, 6) is -3.87. The van der Waals surface area contributed by atoms with Gasteiger partial charge in [-0.2, -0.15) is 13.2 Å². The van der Waals surface area contributed by atoms with E-state index in [1.54, 1.807) is 4.90 Å². The summed E-state index contributed by atoms with van der Waals surface area (Å²) < 4.78 is 67.7. The molecule has 4 rings (SSSR count). The summed E-state index contributed by atoms with van der Waals surface area (Å²) in [6.07, 6.45) is -2.69. The normalized spacial score (nSPS) is 21.1. The van der Waals surface area contributed by atoms with E-state index in [-0.39, 0.29) is 48.0 Å². The van der Waals surface area contributed by atoms with Crippen LogP contribution in [0.5, 0.6) is 0 Å². The fourth-order valence-electron chi connectivity index (χ4n) is 4.88. The number of halogens is 5. The monoisotopic (exact) mass is 537 g/mol. The van der Waals surface area contributed by atoms with Crippen LogP contribution in [0.15, 0.2) is 36.4 Å². The van der Waals surface area contributed by atoms with Crippen LogP contribution in [0.4, 0.5) is 22.0 Å². The molecule has 11 heteroatoms. The number of nitrogens with one attached hydrogen (secondary N) is 2. The molecule has 38 heavy (non-hydrogen) atoms. The lowest BCUT2D eigenvalue weighted by Gasteiger charge is -2.27. The molecule has 1 unspecified atom stereocenters. The van der Waals surface area contributed by atoms with Crippen LogP contribution in [0, 0.1) is 11.6 Å². The van der Waals surface area contributed by atoms with Gasteiger partial charge in [0.15, 0.2) is 0 Å². The van der Waals surface area contributed by atoms with Crippen molar-refractivity contribution in [1.29, 1.82) is 0 Å². The molecule has 0 bridgehead atoms. The molecule has 1 heterocycles. The Balaban J connectivity index is 1.44. The molecule has 1 aliphatic heterocycles. The largest absolute Gasteiger partial charge is 0.416 e. The number of alkyl halides is 3. The molecule has 2 aliphatic rings. The predicted octanol–water partition coefficient (Wildman–Crippen LogP) is 5.14. The Kier molecular flexibility index (Phi) is 7.24. The van der Waals surface area contributed by atoms with E-state index < -0.39 is 52.3 Å². The lowest BCUT2D eigenvalue weighted by molar-refractivity contribution is -0.137. The number of amides is 3. The van der Waals surface area contributed by atoms with Crippen LogP contribution in [0.1, 0.15) is 84.3 Å². The van der Waals surface area contributed by atoms with Crippen molar-refractivity contribution in [2.45, 2.75) is 76.3 Å². The third-order valence-electron chi connectivity index (χ3n) is 7.27. The molecular weight excluding hydrogens is 509 g/mol. The van der Waals surface area contributed by atoms with E-state index in [0.29, 0.717) is 12.1 Å². The van der Waals surface area contributed by atoms with Crippen molar-refractivity contribution in [1.82, 2.24) is 15.5 Å². The number of rotatable bonds is 6. The summed E-state index contributed by atoms with van der Waals surface area (Å²) in [4.78, 5) is 40.2. The summed E-state index contributed by atoms with van der Waals surface area (Å²) in [6, 6.07) is 4.76. The Hall–Kier alpha value is -3.50. The molecule has 0 aromatic heterocycles. The molecule has 1 saturated carbocycles. The van der Waals surface area contributed by atoms with Crippen LogP contribution in [0.3, 0.4) is 0 Å². The first kappa shape index (κ1) is 27.5. The highest BCUT2D eigenvalue weighted by Crippen LogP contribution is 2.37. The van der Waals surface area contributed by atoms with Crippen LogP contribution < -0.4 is 10.6 Å². The fourth-order valence-corrected chi connectivity index (χ4v) is 4.88. The molecule has 3 atom stereocenters. The van der Waals surface area contributed by atoms with E-state index in [1.807, 2.05) is 13.8 Å². The minimum absolute atomic E-state index is 0.0517. The molecule has 3 amide bonds. The number of carbonyl (C=O) groups is 3. The van der Waals surface area contributed by atoms with Gasteiger partial charge in [-0.05, 0) is 76.8 Å². The molecule has 2 fully saturated rings. The predicted molar refractivity (Wildman–Crippen MR) is 128 cm³/mol. The van der Waals surface area contributed by atoms with Crippen LogP contribution in [-0.2, 0) is 11.0 Å². The van der Waals surface area contributed by atoms with E-state index >= 15 is 0 Å². The smallest absolute Gasteiger partial charge is 0.347 e. The Morgan fingerprint density at radius 1 is 0.974 bits per heavy atom. The number of nitrogens with zero attached hydrogens (tertiary/aromatic N) is 1. The number of hydrogen-bond acceptors (Lipinski definition) is 3. The van der Waals surface area contributed by atoms with Crippen molar-refractivity contribution < 1.29 is 36.3 Å². The Morgan fingerprint density at radius 2 is 1.61 bits per heavy atom. The average molecular weight is 538 g/mol. The summed E-state index contributed by atoms with van der Waals surface area (Å²) >= 11 is 0. The van der Waals surface area contributed by atoms with Crippen LogP contribution in [0.2, 0.25) is 0 Å². The van der Waals surface area contributed by atoms with Crippen molar-refractivity contribution in [2.75, 3.05) is 0 Å². The second kappa shape index (κ2) is 9.99. The fraction of sp³-hybridized carbons (Fsp3) is 0.444. The van der Waals surface area contributed by atoms with Gasteiger partial charge in [-0.25, -0.2) is 8.78 Å². The van der Waals surface area contributed by atoms with Crippen molar-refractivity contribution in [2.24, 2.45) is 0 Å². The van der Waals surface area contributed by atoms with E-state index in [2.05, 4.69) is 10.6 Å². The standard InChI is InChI=1S/C27H28F5N3O3/c1-14-4-5-15(2)35(14)24(37)17-6-7-21(22(29)12-17)16(3)33-25(38)26(8-9-26)34-23(36)18-10-19(27(30,31)32)13-20(28)11-18/h6-7,10-16H,4-5,8-9H2,1-3H3,(H,33,38)(H,34,36)/t14-,15+,16?. The van der Waals surface area contributed by atoms with E-state index in [4.69, 9.17) is 0 Å². The Labute approximate surface area is 216 Å². The molecule has 0 radical (unpaired) electrons. The van der Waals surface area contributed by atoms with Gasteiger partial charge in [0.05, 0.1) is 11.6 Å². The van der Waals surface area contributed by atoms with Crippen molar-refractivity contribution in [3.05, 3.63) is 70.3 Å². The van der Waals surface area contributed by atoms with E-state index in [0.717, 1.165) is 18.9 Å². The van der Waals surface area contributed by atoms with E-state index in [9.17, 15) is 36.3 Å². The summed E-state index contributed by atoms with van der Waals surface area (Å²) in [7, 11) is 0. The van der Waals surface area contributed by atoms with Gasteiger partial charge in [0.25, 0.3) is 11.8 Å². The first-order valence-electron chi connectivity index (χ1n) is 12.4. The van der Waals surface area contributed by atoms with Crippen molar-refractivity contribution in [3.8, 4) is 0 Å². The van der Waals surface area contributed by atoms with Crippen LogP contribution in [0.25, 0.3) is 0 Å². The lowest BCUT2D eigenvalue weighted by Crippen LogP contribution is -2.49. The molecule has 204 valence electrons. The van der Waals surface area contributed by atoms with Gasteiger partial charge in [-0.3, -0.25) is 14.4 Å². The molecule has 1 saturated heterocycles. The molecule has 1 aliphatic carbocycles. The van der Waals surface area contributed by atoms with E-state index in [1.165, 1.54) is 19.1 Å². The third kappa shape index (κ3) is 5.51. The lowest BCUT2D eigenvalue weighted by atomic mass is 10.0. The molecule has 0 spiro atoms. The quantitative estimate of drug-likeness (QED) is 0.502. The summed E-state index contributed by atoms with van der Waals surface area (Å²) in [6.45, 7) is 5.42. The highest BCUT2D eigenvalue weighted by molar-refractivity contribution is 6.01. The van der Waals surface area contributed by atoms with Crippen molar-refractivity contribution in [3.63, 3.8) is 0 Å². The van der Waals surface area contributed by atoms with Gasteiger partial charge in [-0.15, -0.1) is 0 Å². The van der Waals surface area contributed by atoms with Gasteiger partial charge in [0.2, 0.25) is 5.91 Å². The highest BCUT2D eigenvalue weighted by Gasteiger charge is 2.51. The topological polar surface area (TPSA) is 78.5 Å². The van der Waals surface area contributed by atoms with Gasteiger partial charge in [0.1, 0.15) is 17.2 Å². The SMILES string of the molecule is CC(NC(=O)C1(NC(=O)c2cc(F)cc(C(F)(F)F)c2)CC1)c1ccc(C(=O)N2[C@H](C)CC[C@@H]2C)cc1F. The first-order chi connectivity index (χ1) is 17.7. The first-order valence-corrected chi connectivity index (χ1v) is 12.4. The van der Waals surface area contributed by atoms with Gasteiger partial charge in [-0.1, -0.05) is 6.07 Å². The Bertz CT molecular complexity index is 1270. The number of carbonyl (C=O) groups excluding carboxylic acids is 3. The third-order valence-corrected chi connectivity index (χ3v) is 7.27. The zero-order chi connectivity index (χ0) is 28.0. The van der Waals surface area contributed by atoms with Crippen LogP contribution >= 0.6 is 0 Å². The zero-order valence-electron chi connectivity index (χ0n) is 21.1. The van der Waals surface area contributed by atoms with Gasteiger partial charge >= 0.3 is 6.18 Å². The molecule has 6 nitrogen and oxygen atoms in total. The maximum atomic E-state index is 15.0. The average Bonchev–Trinajstić information content (AvgIpc) is 3.54. The van der Waals surface area contributed by atoms with Gasteiger partial charge in [0, 0.05) is 28.8 Å². The minimum Gasteiger partial charge on any atom is -0.347 e. The molecular formula is C27H28F5N3O3. The van der Waals surface area contributed by atoms with Crippen LogP contribution in [-0.4, -0.2) is 40.2 Å². The zero-order valence-corrected chi connectivity index (χ0v) is 21.1. The second-order valence-corrected chi connectivity index (χ2v) is 10.2. The minimum atomic E-state index is -4.85. The number of hydrogen-bond donors (Lipinski definition) is 2. The molecule has 2 aromatic carbocycles. The van der Waals surface area contributed by atoms with Gasteiger partial charge < -0.3 is 15.5 Å². The summed E-state index contributed by atoms with van der Waals surface area (Å²) in [5.41, 5.74) is -2.97. The summed E-state index contributed by atoms with van der Waals surface area (Å²) in [5, 5.41) is 5.01. The molecule has 2 aromatic rings. The maximum Gasteiger partial charge on any atom is 0.416 e. The number of benzene rings is 2. The maximum absolute atomic E-state index is 15.0.